The van der Waals surface area contributed by atoms with Crippen LogP contribution in [0.3, 0.4) is 0 Å². The van der Waals surface area contributed by atoms with E-state index in [0.717, 1.165) is 31.7 Å². The summed E-state index contributed by atoms with van der Waals surface area (Å²) in [5.74, 6) is 0.754. The molecular weight excluding hydrogens is 242 g/mol. The number of nitrogens with zero attached hydrogens (tertiary/aromatic N) is 1. The van der Waals surface area contributed by atoms with Crippen molar-refractivity contribution in [3.63, 3.8) is 0 Å². The number of hydrogen-bond acceptors (Lipinski definition) is 2. The Labute approximate surface area is 116 Å². The maximum atomic E-state index is 12.0. The lowest BCUT2D eigenvalue weighted by Crippen LogP contribution is -2.29. The molecule has 0 radical (unpaired) electrons. The molecule has 102 valence electrons. The molecule has 1 amide bonds. The Morgan fingerprint density at radius 3 is 2.33 bits per heavy atom. The molecule has 0 aromatic rings. The van der Waals surface area contributed by atoms with Gasteiger partial charge in [-0.1, -0.05) is 62.1 Å². The second-order valence-corrected chi connectivity index (χ2v) is 5.10. The van der Waals surface area contributed by atoms with E-state index in [2.05, 4.69) is 20.4 Å². The normalized spacial score (nSPS) is 11.8. The minimum atomic E-state index is 0.194. The molecule has 0 spiro atoms. The van der Waals surface area contributed by atoms with Crippen LogP contribution in [0.15, 0.2) is 36.5 Å². The summed E-state index contributed by atoms with van der Waals surface area (Å²) in [4.78, 5) is 13.9. The summed E-state index contributed by atoms with van der Waals surface area (Å²) in [6, 6.07) is 0. The maximum absolute atomic E-state index is 12.0. The average molecular weight is 267 g/mol. The first kappa shape index (κ1) is 17.0. The first-order valence-electron chi connectivity index (χ1n) is 6.52. The number of carbonyl (C=O) groups is 1. The molecule has 3 heteroatoms. The van der Waals surface area contributed by atoms with Gasteiger partial charge in [-0.05, 0) is 19.8 Å². The van der Waals surface area contributed by atoms with E-state index >= 15 is 0 Å². The molecule has 0 fully saturated rings. The lowest BCUT2D eigenvalue weighted by atomic mass is 10.3. The molecule has 0 rings (SSSR count). The first-order chi connectivity index (χ1) is 8.65. The predicted molar refractivity (Wildman–Crippen MR) is 83.1 cm³/mol. The van der Waals surface area contributed by atoms with Crippen LogP contribution >= 0.6 is 11.8 Å². The van der Waals surface area contributed by atoms with Gasteiger partial charge in [0.25, 0.3) is 5.24 Å². The minimum absolute atomic E-state index is 0.194. The van der Waals surface area contributed by atoms with Gasteiger partial charge in [0.05, 0.1) is 0 Å². The molecule has 0 unspecified atom stereocenters. The number of carbonyl (C=O) groups excluding carboxylic acids is 1. The summed E-state index contributed by atoms with van der Waals surface area (Å²) in [5, 5.41) is 0.194. The molecule has 0 atom stereocenters. The molecule has 0 saturated heterocycles. The lowest BCUT2D eigenvalue weighted by Gasteiger charge is -2.20. The molecule has 0 aliphatic rings. The quantitative estimate of drug-likeness (QED) is 0.597. The monoisotopic (exact) mass is 267 g/mol. The van der Waals surface area contributed by atoms with Crippen molar-refractivity contribution in [3.05, 3.63) is 36.5 Å². The summed E-state index contributed by atoms with van der Waals surface area (Å²) in [6.07, 6.45) is 9.63. The summed E-state index contributed by atoms with van der Waals surface area (Å²) < 4.78 is 0. The van der Waals surface area contributed by atoms with Gasteiger partial charge in [0.2, 0.25) is 0 Å². The van der Waals surface area contributed by atoms with Crippen LogP contribution in [-0.4, -0.2) is 29.0 Å². The van der Waals surface area contributed by atoms with E-state index in [0.29, 0.717) is 0 Å². The Kier molecular flexibility index (Phi) is 10.6. The molecule has 0 aliphatic carbocycles. The third-order valence-electron chi connectivity index (χ3n) is 2.30. The van der Waals surface area contributed by atoms with Crippen LogP contribution in [0, 0.1) is 0 Å². The van der Waals surface area contributed by atoms with Crippen LogP contribution in [0.25, 0.3) is 0 Å². The number of thioether (sulfide) groups is 1. The van der Waals surface area contributed by atoms with Crippen molar-refractivity contribution < 1.29 is 4.79 Å². The van der Waals surface area contributed by atoms with Gasteiger partial charge in [0, 0.05) is 18.8 Å². The smallest absolute Gasteiger partial charge is 0.281 e. The van der Waals surface area contributed by atoms with Crippen LogP contribution < -0.4 is 0 Å². The second-order valence-electron chi connectivity index (χ2n) is 4.18. The zero-order chi connectivity index (χ0) is 13.8. The largest absolute Gasteiger partial charge is 0.334 e. The summed E-state index contributed by atoms with van der Waals surface area (Å²) in [6.45, 7) is 11.6. The SMILES string of the molecule is C=C/C=C\C=C(/C)CSC(=O)N(CCC)CCC. The highest BCUT2D eigenvalue weighted by Crippen LogP contribution is 2.14. The van der Waals surface area contributed by atoms with Crippen LogP contribution in [0.4, 0.5) is 4.79 Å². The average Bonchev–Trinajstić information content (AvgIpc) is 2.36. The fraction of sp³-hybridized carbons (Fsp3) is 0.533. The Bertz CT molecular complexity index is 302. The molecule has 2 nitrogen and oxygen atoms in total. The third kappa shape index (κ3) is 8.18. The van der Waals surface area contributed by atoms with E-state index in [1.165, 1.54) is 17.3 Å². The van der Waals surface area contributed by atoms with Gasteiger partial charge in [0.1, 0.15) is 0 Å². The van der Waals surface area contributed by atoms with Crippen molar-refractivity contribution in [1.82, 2.24) is 4.90 Å². The summed E-state index contributed by atoms with van der Waals surface area (Å²) in [5.41, 5.74) is 1.19. The van der Waals surface area contributed by atoms with Crippen molar-refractivity contribution in [1.29, 1.82) is 0 Å². The molecule has 18 heavy (non-hydrogen) atoms. The van der Waals surface area contributed by atoms with E-state index in [9.17, 15) is 4.79 Å². The number of amides is 1. The molecule has 0 N–H and O–H groups in total. The molecule has 0 saturated carbocycles. The fourth-order valence-corrected chi connectivity index (χ4v) is 2.26. The topological polar surface area (TPSA) is 20.3 Å². The van der Waals surface area contributed by atoms with Gasteiger partial charge >= 0.3 is 0 Å². The van der Waals surface area contributed by atoms with Crippen molar-refractivity contribution >= 4 is 17.0 Å². The Hall–Kier alpha value is -0.960. The fourth-order valence-electron chi connectivity index (χ4n) is 1.45. The van der Waals surface area contributed by atoms with Gasteiger partial charge in [-0.2, -0.15) is 0 Å². The lowest BCUT2D eigenvalue weighted by molar-refractivity contribution is 0.223. The minimum Gasteiger partial charge on any atom is -0.334 e. The number of allylic oxidation sites excluding steroid dienone is 4. The number of rotatable bonds is 8. The highest BCUT2D eigenvalue weighted by Gasteiger charge is 2.11. The standard InChI is InChI=1S/C15H25NOS/c1-5-8-9-10-14(4)13-18-15(17)16(11-6-2)12-7-3/h5,8-10H,1,6-7,11-13H2,2-4H3/b9-8-,14-10+. The molecule has 0 heterocycles. The molecule has 0 aromatic carbocycles. The van der Waals surface area contributed by atoms with Crippen molar-refractivity contribution in [2.24, 2.45) is 0 Å². The van der Waals surface area contributed by atoms with Crippen molar-refractivity contribution in [3.8, 4) is 0 Å². The van der Waals surface area contributed by atoms with E-state index < -0.39 is 0 Å². The summed E-state index contributed by atoms with van der Waals surface area (Å²) >= 11 is 1.39. The Morgan fingerprint density at radius 2 is 1.83 bits per heavy atom. The molecular formula is C15H25NOS. The van der Waals surface area contributed by atoms with E-state index in [-0.39, 0.29) is 5.24 Å². The van der Waals surface area contributed by atoms with Gasteiger partial charge < -0.3 is 4.90 Å². The van der Waals surface area contributed by atoms with E-state index in [1.54, 1.807) is 6.08 Å². The zero-order valence-corrected chi connectivity index (χ0v) is 12.6. The van der Waals surface area contributed by atoms with Crippen molar-refractivity contribution in [2.75, 3.05) is 18.8 Å². The Morgan fingerprint density at radius 1 is 1.22 bits per heavy atom. The number of hydrogen-bond donors (Lipinski definition) is 0. The third-order valence-corrected chi connectivity index (χ3v) is 3.40. The summed E-state index contributed by atoms with van der Waals surface area (Å²) in [7, 11) is 0. The predicted octanol–water partition coefficient (Wildman–Crippen LogP) is 4.65. The van der Waals surface area contributed by atoms with E-state index in [1.807, 2.05) is 30.1 Å². The van der Waals surface area contributed by atoms with Crippen LogP contribution in [0.2, 0.25) is 0 Å². The highest BCUT2D eigenvalue weighted by molar-refractivity contribution is 8.13. The maximum Gasteiger partial charge on any atom is 0.281 e. The van der Waals surface area contributed by atoms with Crippen LogP contribution in [0.5, 0.6) is 0 Å². The van der Waals surface area contributed by atoms with Gasteiger partial charge in [-0.25, -0.2) is 0 Å². The molecule has 0 bridgehead atoms. The van der Waals surface area contributed by atoms with Gasteiger partial charge in [0.15, 0.2) is 0 Å². The Balaban J connectivity index is 4.16. The van der Waals surface area contributed by atoms with Crippen LogP contribution in [0.1, 0.15) is 33.6 Å². The first-order valence-corrected chi connectivity index (χ1v) is 7.50. The second kappa shape index (κ2) is 11.1. The van der Waals surface area contributed by atoms with E-state index in [4.69, 9.17) is 0 Å². The van der Waals surface area contributed by atoms with Gasteiger partial charge in [-0.3, -0.25) is 4.79 Å². The zero-order valence-electron chi connectivity index (χ0n) is 11.8. The van der Waals surface area contributed by atoms with Crippen molar-refractivity contribution in [2.45, 2.75) is 33.6 Å². The van der Waals surface area contributed by atoms with Crippen LogP contribution in [-0.2, 0) is 0 Å². The van der Waals surface area contributed by atoms with Gasteiger partial charge in [-0.15, -0.1) is 0 Å². The molecule has 0 aliphatic heterocycles. The highest BCUT2D eigenvalue weighted by atomic mass is 32.2. The molecule has 0 aromatic heterocycles.